The number of aliphatic hydroxyl groups is 1. The molecule has 3 heterocycles. The van der Waals surface area contributed by atoms with Crippen LogP contribution in [0.4, 0.5) is 5.13 Å². The summed E-state index contributed by atoms with van der Waals surface area (Å²) in [5.74, 6) is 1.18. The number of benzene rings is 1. The summed E-state index contributed by atoms with van der Waals surface area (Å²) in [6.45, 7) is 0.674. The lowest BCUT2D eigenvalue weighted by Gasteiger charge is -2.22. The first kappa shape index (κ1) is 18.6. The fraction of sp³-hybridized carbons (Fsp3) is 0.455. The molecule has 3 aromatic rings. The van der Waals surface area contributed by atoms with Crippen LogP contribution >= 0.6 is 11.3 Å². The van der Waals surface area contributed by atoms with Crippen molar-refractivity contribution in [3.05, 3.63) is 47.4 Å². The maximum absolute atomic E-state index is 13.0. The molecule has 29 heavy (non-hydrogen) atoms. The number of ketones is 1. The lowest BCUT2D eigenvalue weighted by Crippen LogP contribution is -2.36. The number of nitrogens with zero attached hydrogens (tertiary/aromatic N) is 4. The molecule has 2 aliphatic rings. The van der Waals surface area contributed by atoms with Gasteiger partial charge in [-0.05, 0) is 37.7 Å². The van der Waals surface area contributed by atoms with E-state index in [1.54, 1.807) is 11.3 Å². The molecule has 2 fully saturated rings. The summed E-state index contributed by atoms with van der Waals surface area (Å²) < 4.78 is 1.02. The Labute approximate surface area is 173 Å². The molecule has 1 aliphatic carbocycles. The number of hydrogen-bond donors (Lipinski definition) is 1. The molecular weight excluding hydrogens is 384 g/mol. The molecule has 1 N–H and O–H groups in total. The molecule has 6 nitrogen and oxygen atoms in total. The highest BCUT2D eigenvalue weighted by molar-refractivity contribution is 7.22. The Bertz CT molecular complexity index is 1030. The zero-order valence-corrected chi connectivity index (χ0v) is 17.1. The van der Waals surface area contributed by atoms with Gasteiger partial charge in [0, 0.05) is 18.9 Å². The van der Waals surface area contributed by atoms with Gasteiger partial charge in [0.15, 0.2) is 22.4 Å². The van der Waals surface area contributed by atoms with E-state index in [4.69, 9.17) is 4.98 Å². The molecule has 1 atom stereocenters. The Morgan fingerprint density at radius 1 is 1.14 bits per heavy atom. The van der Waals surface area contributed by atoms with Crippen molar-refractivity contribution in [1.29, 1.82) is 0 Å². The molecule has 0 bridgehead atoms. The number of Topliss-reactive ketones (excluding diaryl/α,β-unsaturated/α-hetero) is 1. The van der Waals surface area contributed by atoms with E-state index in [1.165, 1.54) is 5.56 Å². The molecule has 7 heteroatoms. The first-order valence-corrected chi connectivity index (χ1v) is 11.2. The Morgan fingerprint density at radius 3 is 2.72 bits per heavy atom. The predicted octanol–water partition coefficient (Wildman–Crippen LogP) is 3.63. The van der Waals surface area contributed by atoms with E-state index in [2.05, 4.69) is 27.0 Å². The highest BCUT2D eigenvalue weighted by Crippen LogP contribution is 2.44. The minimum atomic E-state index is -0.174. The fourth-order valence-electron chi connectivity index (χ4n) is 4.12. The van der Waals surface area contributed by atoms with Gasteiger partial charge in [0.2, 0.25) is 0 Å². The van der Waals surface area contributed by atoms with Crippen molar-refractivity contribution in [1.82, 2.24) is 15.0 Å². The standard InChI is InChI=1S/C22H24N4O2S/c27-13-18-23-19(15-9-10-15)20-21(24-18)25-22(29-20)26-12-4-7-16(26)17(28)11-8-14-5-2-1-3-6-14/h1-3,5-6,15-16,27H,4,7-13H2/t16-/m1/s1. The topological polar surface area (TPSA) is 79.2 Å². The summed E-state index contributed by atoms with van der Waals surface area (Å²) in [7, 11) is 0. The van der Waals surface area contributed by atoms with Crippen molar-refractivity contribution in [3.63, 3.8) is 0 Å². The van der Waals surface area contributed by atoms with Gasteiger partial charge < -0.3 is 10.0 Å². The van der Waals surface area contributed by atoms with Crippen LogP contribution in [0.5, 0.6) is 0 Å². The highest BCUT2D eigenvalue weighted by Gasteiger charge is 2.34. The molecular formula is C22H24N4O2S. The Morgan fingerprint density at radius 2 is 1.97 bits per heavy atom. The van der Waals surface area contributed by atoms with Crippen molar-refractivity contribution in [2.75, 3.05) is 11.4 Å². The van der Waals surface area contributed by atoms with E-state index >= 15 is 0 Å². The molecule has 0 spiro atoms. The van der Waals surface area contributed by atoms with Gasteiger partial charge in [-0.15, -0.1) is 0 Å². The zero-order valence-electron chi connectivity index (χ0n) is 16.3. The van der Waals surface area contributed by atoms with E-state index in [9.17, 15) is 9.90 Å². The minimum absolute atomic E-state index is 0.103. The lowest BCUT2D eigenvalue weighted by molar-refractivity contribution is -0.120. The predicted molar refractivity (Wildman–Crippen MR) is 113 cm³/mol. The summed E-state index contributed by atoms with van der Waals surface area (Å²) in [5.41, 5.74) is 2.88. The van der Waals surface area contributed by atoms with Crippen LogP contribution in [0.15, 0.2) is 30.3 Å². The number of rotatable bonds is 7. The fourth-order valence-corrected chi connectivity index (χ4v) is 5.27. The molecule has 1 aliphatic heterocycles. The molecule has 1 saturated carbocycles. The average molecular weight is 409 g/mol. The van der Waals surface area contributed by atoms with Crippen LogP contribution in [-0.2, 0) is 17.8 Å². The summed E-state index contributed by atoms with van der Waals surface area (Å²) in [4.78, 5) is 28.9. The molecule has 1 saturated heterocycles. The van der Waals surface area contributed by atoms with E-state index < -0.39 is 0 Å². The average Bonchev–Trinajstić information content (AvgIpc) is 3.32. The van der Waals surface area contributed by atoms with Crippen molar-refractivity contribution >= 4 is 32.6 Å². The second kappa shape index (κ2) is 7.80. The maximum Gasteiger partial charge on any atom is 0.188 e. The number of carbonyl (C=O) groups excluding carboxylic acids is 1. The van der Waals surface area contributed by atoms with Crippen molar-refractivity contribution in [3.8, 4) is 0 Å². The second-order valence-electron chi connectivity index (χ2n) is 7.91. The summed E-state index contributed by atoms with van der Waals surface area (Å²) >= 11 is 1.60. The van der Waals surface area contributed by atoms with E-state index in [-0.39, 0.29) is 18.4 Å². The van der Waals surface area contributed by atoms with Gasteiger partial charge in [0.1, 0.15) is 6.61 Å². The number of fused-ring (bicyclic) bond motifs is 1. The molecule has 0 amide bonds. The highest BCUT2D eigenvalue weighted by atomic mass is 32.1. The lowest BCUT2D eigenvalue weighted by atomic mass is 10.0. The van der Waals surface area contributed by atoms with E-state index in [0.717, 1.165) is 54.2 Å². The number of aromatic nitrogens is 3. The Kier molecular flexibility index (Phi) is 5.01. The number of carbonyl (C=O) groups is 1. The number of aliphatic hydroxyl groups excluding tert-OH is 1. The number of anilines is 1. The van der Waals surface area contributed by atoms with Crippen LogP contribution in [0.2, 0.25) is 0 Å². The van der Waals surface area contributed by atoms with E-state index in [0.29, 0.717) is 23.8 Å². The van der Waals surface area contributed by atoms with Crippen LogP contribution in [0.25, 0.3) is 10.3 Å². The molecule has 2 aromatic heterocycles. The zero-order chi connectivity index (χ0) is 19.8. The van der Waals surface area contributed by atoms with Gasteiger partial charge in [-0.1, -0.05) is 41.7 Å². The largest absolute Gasteiger partial charge is 0.388 e. The van der Waals surface area contributed by atoms with Crippen LogP contribution in [0.1, 0.15) is 55.1 Å². The van der Waals surface area contributed by atoms with Crippen molar-refractivity contribution < 1.29 is 9.90 Å². The Hall–Kier alpha value is -2.38. The van der Waals surface area contributed by atoms with Crippen LogP contribution in [0, 0.1) is 0 Å². The first-order chi connectivity index (χ1) is 14.2. The summed E-state index contributed by atoms with van der Waals surface area (Å²) in [6, 6.07) is 10.1. The van der Waals surface area contributed by atoms with Gasteiger partial charge in [0.25, 0.3) is 0 Å². The van der Waals surface area contributed by atoms with Gasteiger partial charge >= 0.3 is 0 Å². The van der Waals surface area contributed by atoms with Crippen LogP contribution in [0.3, 0.4) is 0 Å². The first-order valence-electron chi connectivity index (χ1n) is 10.3. The van der Waals surface area contributed by atoms with Gasteiger partial charge in [-0.25, -0.2) is 9.97 Å². The SMILES string of the molecule is O=C(CCc1ccccc1)[C@H]1CCCN1c1nc2nc(CO)nc(C3CC3)c2s1. The smallest absolute Gasteiger partial charge is 0.188 e. The maximum atomic E-state index is 13.0. The van der Waals surface area contributed by atoms with Crippen LogP contribution in [-0.4, -0.2) is 38.4 Å². The normalized spacial score (nSPS) is 19.2. The second-order valence-corrected chi connectivity index (χ2v) is 8.89. The van der Waals surface area contributed by atoms with Gasteiger partial charge in [-0.3, -0.25) is 4.79 Å². The van der Waals surface area contributed by atoms with Gasteiger partial charge in [-0.2, -0.15) is 4.98 Å². The van der Waals surface area contributed by atoms with E-state index in [1.807, 2.05) is 18.2 Å². The van der Waals surface area contributed by atoms with Crippen LogP contribution < -0.4 is 4.90 Å². The molecule has 1 aromatic carbocycles. The third-order valence-corrected chi connectivity index (χ3v) is 6.90. The molecule has 150 valence electrons. The summed E-state index contributed by atoms with van der Waals surface area (Å²) in [5, 5.41) is 10.4. The monoisotopic (exact) mass is 408 g/mol. The molecule has 0 radical (unpaired) electrons. The number of thiazole rings is 1. The third-order valence-electron chi connectivity index (χ3n) is 5.79. The summed E-state index contributed by atoms with van der Waals surface area (Å²) in [6.07, 6.45) is 5.48. The van der Waals surface area contributed by atoms with Crippen molar-refractivity contribution in [2.24, 2.45) is 0 Å². The quantitative estimate of drug-likeness (QED) is 0.643. The van der Waals surface area contributed by atoms with Gasteiger partial charge in [0.05, 0.1) is 16.4 Å². The number of aryl methyl sites for hydroxylation is 1. The third kappa shape index (κ3) is 3.76. The number of hydrogen-bond acceptors (Lipinski definition) is 7. The molecule has 5 rings (SSSR count). The minimum Gasteiger partial charge on any atom is -0.388 e. The van der Waals surface area contributed by atoms with Crippen molar-refractivity contribution in [2.45, 2.75) is 57.1 Å². The Balaban J connectivity index is 1.38. The molecule has 0 unspecified atom stereocenters.